The van der Waals surface area contributed by atoms with Crippen molar-refractivity contribution in [1.29, 1.82) is 0 Å². The van der Waals surface area contributed by atoms with Crippen molar-refractivity contribution >= 4 is 22.7 Å². The van der Waals surface area contributed by atoms with Crippen LogP contribution in [0.2, 0.25) is 0 Å². The van der Waals surface area contributed by atoms with Crippen LogP contribution in [-0.2, 0) is 9.47 Å². The number of anilines is 4. The van der Waals surface area contributed by atoms with E-state index in [2.05, 4.69) is 14.9 Å². The smallest absolute Gasteiger partial charge is 0.151 e. The van der Waals surface area contributed by atoms with Crippen LogP contribution >= 0.6 is 0 Å². The topological polar surface area (TPSA) is 159 Å². The summed E-state index contributed by atoms with van der Waals surface area (Å²) in [5.41, 5.74) is 18.2. The van der Waals surface area contributed by atoms with Crippen LogP contribution < -0.4 is 25.0 Å². The minimum atomic E-state index is -0.839. The van der Waals surface area contributed by atoms with Crippen molar-refractivity contribution in [1.82, 2.24) is 0 Å². The van der Waals surface area contributed by atoms with Gasteiger partial charge in [-0.1, -0.05) is 53.6 Å². The molecule has 4 N–H and O–H groups in total. The second-order valence-electron chi connectivity index (χ2n) is 11.4. The highest BCUT2D eigenvalue weighted by Crippen LogP contribution is 2.49. The Labute approximate surface area is 265 Å². The number of azide groups is 1. The van der Waals surface area contributed by atoms with Crippen molar-refractivity contribution in [2.45, 2.75) is 36.4 Å². The number of para-hydroxylation sites is 8. The molecule has 2 unspecified atom stereocenters. The van der Waals surface area contributed by atoms with Crippen LogP contribution in [0.25, 0.3) is 10.4 Å². The van der Waals surface area contributed by atoms with E-state index >= 15 is 0 Å². The predicted molar refractivity (Wildman–Crippen MR) is 172 cm³/mol. The fraction of sp³-hybridized carbons (Fsp3) is 0.294. The number of aliphatic hydroxyl groups is 2. The van der Waals surface area contributed by atoms with Gasteiger partial charge in [-0.3, -0.25) is 0 Å². The van der Waals surface area contributed by atoms with E-state index in [1.165, 1.54) is 0 Å². The van der Waals surface area contributed by atoms with E-state index < -0.39 is 18.2 Å². The molecule has 236 valence electrons. The minimum absolute atomic E-state index is 0.218. The first-order valence-electron chi connectivity index (χ1n) is 15.2. The number of nitrogens with zero attached hydrogens (tertiary/aromatic N) is 5. The molecule has 2 fully saturated rings. The van der Waals surface area contributed by atoms with Gasteiger partial charge in [0.1, 0.15) is 0 Å². The maximum absolute atomic E-state index is 10.7. The molecule has 4 aromatic carbocycles. The Morgan fingerprint density at radius 1 is 0.609 bits per heavy atom. The molecule has 0 aromatic heterocycles. The lowest BCUT2D eigenvalue weighted by Crippen LogP contribution is -2.58. The molecule has 2 saturated heterocycles. The van der Waals surface area contributed by atoms with E-state index in [1.54, 1.807) is 0 Å². The van der Waals surface area contributed by atoms with E-state index in [-0.39, 0.29) is 24.7 Å². The summed E-state index contributed by atoms with van der Waals surface area (Å²) in [7, 11) is 0. The van der Waals surface area contributed by atoms with Gasteiger partial charge in [0.15, 0.2) is 23.0 Å². The number of nitrogens with two attached hydrogens (primary N) is 1. The van der Waals surface area contributed by atoms with Crippen LogP contribution in [0.1, 0.15) is 0 Å². The third-order valence-corrected chi connectivity index (χ3v) is 8.60. The molecule has 0 bridgehead atoms. The zero-order chi connectivity index (χ0) is 31.6. The van der Waals surface area contributed by atoms with Gasteiger partial charge >= 0.3 is 0 Å². The highest BCUT2D eigenvalue weighted by atomic mass is 16.5. The number of ether oxygens (including phenoxy) is 4. The van der Waals surface area contributed by atoms with Gasteiger partial charge in [-0.25, -0.2) is 0 Å². The summed E-state index contributed by atoms with van der Waals surface area (Å²) in [5.74, 6) is 2.98. The molecular formula is C34H34N6O6. The van der Waals surface area contributed by atoms with Crippen molar-refractivity contribution in [3.05, 3.63) is 108 Å². The summed E-state index contributed by atoms with van der Waals surface area (Å²) in [6, 6.07) is 29.3. The molecule has 4 aliphatic heterocycles. The zero-order valence-electron chi connectivity index (χ0n) is 24.9. The average Bonchev–Trinajstić information content (AvgIpc) is 3.09. The lowest BCUT2D eigenvalue weighted by atomic mass is 9.98. The Kier molecular flexibility index (Phi) is 8.37. The van der Waals surface area contributed by atoms with Gasteiger partial charge in [-0.15, -0.1) is 0 Å². The predicted octanol–water partition coefficient (Wildman–Crippen LogP) is 5.39. The molecule has 4 heterocycles. The third-order valence-electron chi connectivity index (χ3n) is 8.60. The molecule has 12 heteroatoms. The Hall–Kier alpha value is -4.81. The van der Waals surface area contributed by atoms with Gasteiger partial charge < -0.3 is 44.7 Å². The maximum Gasteiger partial charge on any atom is 0.151 e. The summed E-state index contributed by atoms with van der Waals surface area (Å²) in [6.07, 6.45) is -1.50. The highest BCUT2D eigenvalue weighted by molar-refractivity contribution is 5.79. The molecule has 0 radical (unpaired) electrons. The Balaban J connectivity index is 0.000000147. The van der Waals surface area contributed by atoms with Crippen molar-refractivity contribution in [2.75, 3.05) is 36.2 Å². The molecule has 0 saturated carbocycles. The molecule has 0 spiro atoms. The minimum Gasteiger partial charge on any atom is -0.453 e. The number of aliphatic hydroxyl groups excluding tert-OH is 2. The maximum atomic E-state index is 10.7. The normalized spacial score (nSPS) is 25.9. The number of rotatable bonds is 3. The van der Waals surface area contributed by atoms with Crippen LogP contribution in [-0.4, -0.2) is 73.0 Å². The first kappa shape index (κ1) is 29.9. The van der Waals surface area contributed by atoms with Gasteiger partial charge in [0.25, 0.3) is 0 Å². The lowest BCUT2D eigenvalue weighted by molar-refractivity contribution is -0.0196. The van der Waals surface area contributed by atoms with Crippen molar-refractivity contribution < 1.29 is 29.2 Å². The first-order valence-corrected chi connectivity index (χ1v) is 15.2. The standard InChI is InChI=1S/C17H16N4O3.C17H18N2O3/c18-20-19-11-9-23-10-14(17(11)22)21-12-5-1-3-7-15(12)24-16-8-4-2-6-13(16)21;18-11-9-21-10-14(17(11)20)19-12-5-1-3-7-15(12)22-16-8-4-2-6-13(16)19/h1-8,11,14,17,22H,9-10H2;1-8,11,14,17,20H,9-10,18H2/t2*11-,14?,17+/m00/s1. The zero-order valence-corrected chi connectivity index (χ0v) is 24.9. The lowest BCUT2D eigenvalue weighted by Gasteiger charge is -2.43. The number of hydrogen-bond donors (Lipinski definition) is 3. The summed E-state index contributed by atoms with van der Waals surface area (Å²) in [4.78, 5) is 6.91. The molecule has 6 atom stereocenters. The highest BCUT2D eigenvalue weighted by Gasteiger charge is 2.41. The first-order chi connectivity index (χ1) is 22.5. The van der Waals surface area contributed by atoms with Gasteiger partial charge in [0.2, 0.25) is 0 Å². The SMILES string of the molecule is N[C@H]1COCC(N2c3ccccc3Oc3ccccc32)[C@@H]1O.[N-]=[N+]=N[C@H]1COCC(N2c3ccccc3Oc3ccccc32)[C@@H]1O. The second kappa shape index (κ2) is 12.9. The molecule has 46 heavy (non-hydrogen) atoms. The fourth-order valence-electron chi connectivity index (χ4n) is 6.37. The number of benzene rings is 4. The molecule has 0 amide bonds. The van der Waals surface area contributed by atoms with Crippen molar-refractivity contribution in [3.8, 4) is 23.0 Å². The molecule has 0 aliphatic carbocycles. The van der Waals surface area contributed by atoms with Crippen LogP contribution in [0.5, 0.6) is 23.0 Å². The largest absolute Gasteiger partial charge is 0.453 e. The molecule has 4 aromatic rings. The second-order valence-corrected chi connectivity index (χ2v) is 11.4. The molecular weight excluding hydrogens is 588 g/mol. The Morgan fingerprint density at radius 2 is 1.00 bits per heavy atom. The molecule has 12 nitrogen and oxygen atoms in total. The quantitative estimate of drug-likeness (QED) is 0.155. The van der Waals surface area contributed by atoms with E-state index in [0.717, 1.165) is 34.2 Å². The van der Waals surface area contributed by atoms with Crippen LogP contribution in [0.15, 0.2) is 102 Å². The summed E-state index contributed by atoms with van der Waals surface area (Å²) in [5, 5.41) is 25.0. The monoisotopic (exact) mass is 622 g/mol. The fourth-order valence-corrected chi connectivity index (χ4v) is 6.37. The van der Waals surface area contributed by atoms with E-state index in [9.17, 15) is 10.2 Å². The number of fused-ring (bicyclic) bond motifs is 4. The van der Waals surface area contributed by atoms with Gasteiger partial charge in [-0.05, 0) is 54.1 Å². The summed E-state index contributed by atoms with van der Waals surface area (Å²) in [6.45, 7) is 1.36. The van der Waals surface area contributed by atoms with Gasteiger partial charge in [0, 0.05) is 4.91 Å². The van der Waals surface area contributed by atoms with E-state index in [4.69, 9.17) is 30.2 Å². The third kappa shape index (κ3) is 5.47. The summed E-state index contributed by atoms with van der Waals surface area (Å²) < 4.78 is 23.1. The average molecular weight is 623 g/mol. The van der Waals surface area contributed by atoms with Crippen molar-refractivity contribution in [3.63, 3.8) is 0 Å². The number of hydrogen-bond acceptors (Lipinski definition) is 10. The van der Waals surface area contributed by atoms with E-state index in [1.807, 2.05) is 102 Å². The van der Waals surface area contributed by atoms with Crippen molar-refractivity contribution in [2.24, 2.45) is 10.8 Å². The van der Waals surface area contributed by atoms with Gasteiger partial charge in [-0.2, -0.15) is 0 Å². The van der Waals surface area contributed by atoms with Gasteiger partial charge in [0.05, 0.1) is 85.6 Å². The summed E-state index contributed by atoms with van der Waals surface area (Å²) >= 11 is 0. The van der Waals surface area contributed by atoms with E-state index in [0.29, 0.717) is 31.3 Å². The molecule has 8 rings (SSSR count). The van der Waals surface area contributed by atoms with Crippen LogP contribution in [0.4, 0.5) is 22.7 Å². The van der Waals surface area contributed by atoms with Crippen LogP contribution in [0.3, 0.4) is 0 Å². The Morgan fingerprint density at radius 3 is 1.43 bits per heavy atom. The Bertz CT molecular complexity index is 1660. The molecule has 4 aliphatic rings. The van der Waals surface area contributed by atoms with Crippen LogP contribution in [0, 0.1) is 0 Å².